The topological polar surface area (TPSA) is 110 Å². The first-order valence-electron chi connectivity index (χ1n) is 6.21. The quantitative estimate of drug-likeness (QED) is 0.870. The average molecular weight is 361 g/mol. The van der Waals surface area contributed by atoms with Crippen LogP contribution in [0.3, 0.4) is 0 Å². The van der Waals surface area contributed by atoms with E-state index < -0.39 is 39.5 Å². The van der Waals surface area contributed by atoms with E-state index in [1.54, 1.807) is 6.07 Å². The summed E-state index contributed by atoms with van der Waals surface area (Å²) in [6.45, 7) is 0. The van der Waals surface area contributed by atoms with Crippen LogP contribution in [0.5, 0.6) is 0 Å². The molecule has 1 heterocycles. The van der Waals surface area contributed by atoms with Crippen LogP contribution in [0.15, 0.2) is 16.9 Å². The molecule has 2 aromatic rings. The van der Waals surface area contributed by atoms with Crippen molar-refractivity contribution in [3.8, 4) is 11.8 Å². The third kappa shape index (κ3) is 3.25. The number of sulfonamides is 1. The molecule has 128 valence electrons. The number of aromatic nitrogens is 3. The minimum atomic E-state index is -3.80. The van der Waals surface area contributed by atoms with Crippen LogP contribution in [0.25, 0.3) is 5.69 Å². The Hall–Kier alpha value is -2.81. The highest BCUT2D eigenvalue weighted by molar-refractivity contribution is 7.92. The fourth-order valence-electron chi connectivity index (χ4n) is 1.90. The van der Waals surface area contributed by atoms with Crippen LogP contribution in [0.4, 0.5) is 18.9 Å². The van der Waals surface area contributed by atoms with Gasteiger partial charge in [-0.15, -0.1) is 5.10 Å². The molecule has 12 heteroatoms. The lowest BCUT2D eigenvalue weighted by molar-refractivity contribution is 0.136. The molecule has 0 amide bonds. The summed E-state index contributed by atoms with van der Waals surface area (Å²) in [5.74, 6) is -1.99. The monoisotopic (exact) mass is 361 g/mol. The summed E-state index contributed by atoms with van der Waals surface area (Å²) in [7, 11) is -2.77. The van der Waals surface area contributed by atoms with E-state index in [9.17, 15) is 26.4 Å². The van der Waals surface area contributed by atoms with Crippen molar-refractivity contribution in [3.63, 3.8) is 0 Å². The van der Waals surface area contributed by atoms with Gasteiger partial charge in [0.05, 0.1) is 17.5 Å². The third-order valence-electron chi connectivity index (χ3n) is 2.94. The molecule has 0 fully saturated rings. The number of hydrogen-bond acceptors (Lipinski definition) is 5. The van der Waals surface area contributed by atoms with Gasteiger partial charge in [-0.3, -0.25) is 9.29 Å². The average Bonchev–Trinajstić information content (AvgIpc) is 2.75. The zero-order chi connectivity index (χ0) is 18.2. The summed E-state index contributed by atoms with van der Waals surface area (Å²) < 4.78 is 65.2. The normalized spacial score (nSPS) is 11.5. The number of nitrogens with zero attached hydrogens (tertiary/aromatic N) is 4. The van der Waals surface area contributed by atoms with Crippen LogP contribution in [-0.4, -0.2) is 29.0 Å². The molecule has 0 bridgehead atoms. The number of benzene rings is 1. The number of nitriles is 1. The smallest absolute Gasteiger partial charge is 0.282 e. The van der Waals surface area contributed by atoms with E-state index in [4.69, 9.17) is 5.26 Å². The number of anilines is 1. The summed E-state index contributed by atoms with van der Waals surface area (Å²) in [6, 6.07) is 3.09. The lowest BCUT2D eigenvalue weighted by Crippen LogP contribution is -2.23. The maximum absolute atomic E-state index is 14.1. The third-order valence-corrected chi connectivity index (χ3v) is 3.53. The van der Waals surface area contributed by atoms with Crippen molar-refractivity contribution < 1.29 is 21.6 Å². The molecule has 1 aromatic carbocycles. The minimum absolute atomic E-state index is 0.312. The van der Waals surface area contributed by atoms with Crippen LogP contribution in [0.1, 0.15) is 17.8 Å². The maximum Gasteiger partial charge on any atom is 0.350 e. The molecule has 2 rings (SSSR count). The second-order valence-electron chi connectivity index (χ2n) is 4.75. The van der Waals surface area contributed by atoms with Crippen molar-refractivity contribution in [2.24, 2.45) is 7.05 Å². The number of rotatable bonds is 4. The van der Waals surface area contributed by atoms with Crippen molar-refractivity contribution in [3.05, 3.63) is 39.8 Å². The Bertz CT molecular complexity index is 1000. The molecule has 0 saturated heterocycles. The van der Waals surface area contributed by atoms with Gasteiger partial charge in [-0.1, -0.05) is 0 Å². The largest absolute Gasteiger partial charge is 0.350 e. The van der Waals surface area contributed by atoms with E-state index in [0.29, 0.717) is 15.3 Å². The molecular weight excluding hydrogens is 351 g/mol. The highest BCUT2D eigenvalue weighted by Crippen LogP contribution is 2.24. The van der Waals surface area contributed by atoms with Crippen molar-refractivity contribution in [2.45, 2.75) is 6.43 Å². The number of hydrogen-bond donors (Lipinski definition) is 1. The summed E-state index contributed by atoms with van der Waals surface area (Å²) in [6.07, 6.45) is -2.27. The molecule has 0 spiro atoms. The van der Waals surface area contributed by atoms with Crippen LogP contribution in [-0.2, 0) is 17.1 Å². The summed E-state index contributed by atoms with van der Waals surface area (Å²) in [4.78, 5) is 12.0. The van der Waals surface area contributed by atoms with Crippen molar-refractivity contribution >= 4 is 15.7 Å². The molecule has 0 aliphatic rings. The lowest BCUT2D eigenvalue weighted by atomic mass is 10.1. The zero-order valence-corrected chi connectivity index (χ0v) is 13.1. The standard InChI is InChI=1S/C12H10F3N5O3S/c1-19-11(10(14)15)17-20(12(19)21)9-4-8(18-24(2,22)23)6(5-16)3-7(9)13/h3-4,10,18H,1-2H3. The molecule has 0 radical (unpaired) electrons. The fraction of sp³-hybridized carbons (Fsp3) is 0.250. The van der Waals surface area contributed by atoms with E-state index in [0.717, 1.165) is 19.4 Å². The van der Waals surface area contributed by atoms with Gasteiger partial charge in [-0.05, 0) is 12.1 Å². The summed E-state index contributed by atoms with van der Waals surface area (Å²) in [5.41, 5.74) is -2.29. The van der Waals surface area contributed by atoms with E-state index in [1.807, 2.05) is 4.72 Å². The van der Waals surface area contributed by atoms with E-state index in [2.05, 4.69) is 5.10 Å². The van der Waals surface area contributed by atoms with E-state index in [-0.39, 0.29) is 11.3 Å². The molecule has 1 aromatic heterocycles. The molecule has 0 atom stereocenters. The first-order valence-corrected chi connectivity index (χ1v) is 8.10. The molecule has 24 heavy (non-hydrogen) atoms. The van der Waals surface area contributed by atoms with Gasteiger partial charge in [0, 0.05) is 7.05 Å². The molecular formula is C12H10F3N5O3S. The van der Waals surface area contributed by atoms with Crippen molar-refractivity contribution in [1.29, 1.82) is 5.26 Å². The summed E-state index contributed by atoms with van der Waals surface area (Å²) in [5, 5.41) is 12.3. The fourth-order valence-corrected chi connectivity index (χ4v) is 2.47. The van der Waals surface area contributed by atoms with Gasteiger partial charge in [-0.25, -0.2) is 26.4 Å². The number of halogens is 3. The van der Waals surface area contributed by atoms with E-state index in [1.165, 1.54) is 0 Å². The molecule has 0 unspecified atom stereocenters. The van der Waals surface area contributed by atoms with Gasteiger partial charge in [0.2, 0.25) is 15.8 Å². The van der Waals surface area contributed by atoms with Crippen LogP contribution < -0.4 is 10.4 Å². The highest BCUT2D eigenvalue weighted by Gasteiger charge is 2.22. The Kier molecular flexibility index (Phi) is 4.39. The van der Waals surface area contributed by atoms with Gasteiger partial charge < -0.3 is 0 Å². The van der Waals surface area contributed by atoms with Crippen molar-refractivity contribution in [2.75, 3.05) is 11.0 Å². The predicted molar refractivity (Wildman–Crippen MR) is 76.9 cm³/mol. The van der Waals surface area contributed by atoms with Gasteiger partial charge in [0.25, 0.3) is 6.43 Å². The SMILES string of the molecule is Cn1c(C(F)F)nn(-c2cc(NS(C)(=O)=O)c(C#N)cc2F)c1=O. The molecule has 0 aliphatic carbocycles. The van der Waals surface area contributed by atoms with Crippen LogP contribution in [0.2, 0.25) is 0 Å². The Morgan fingerprint density at radius 2 is 2.00 bits per heavy atom. The summed E-state index contributed by atoms with van der Waals surface area (Å²) >= 11 is 0. The Labute approximate surface area is 133 Å². The van der Waals surface area contributed by atoms with Crippen LogP contribution >= 0.6 is 0 Å². The number of nitrogens with one attached hydrogen (secondary N) is 1. The van der Waals surface area contributed by atoms with Gasteiger partial charge in [-0.2, -0.15) is 9.94 Å². The Morgan fingerprint density at radius 3 is 2.46 bits per heavy atom. The minimum Gasteiger partial charge on any atom is -0.282 e. The highest BCUT2D eigenvalue weighted by atomic mass is 32.2. The molecule has 0 aliphatic heterocycles. The Balaban J connectivity index is 2.73. The van der Waals surface area contributed by atoms with Crippen molar-refractivity contribution in [1.82, 2.24) is 14.3 Å². The second kappa shape index (κ2) is 6.00. The predicted octanol–water partition coefficient (Wildman–Crippen LogP) is 0.891. The maximum atomic E-state index is 14.1. The van der Waals surface area contributed by atoms with Crippen LogP contribution in [0, 0.1) is 17.1 Å². The second-order valence-corrected chi connectivity index (χ2v) is 6.50. The lowest BCUT2D eigenvalue weighted by Gasteiger charge is -2.09. The van der Waals surface area contributed by atoms with Gasteiger partial charge >= 0.3 is 5.69 Å². The zero-order valence-electron chi connectivity index (χ0n) is 12.3. The first kappa shape index (κ1) is 17.5. The van der Waals surface area contributed by atoms with Gasteiger partial charge in [0.15, 0.2) is 5.82 Å². The molecule has 8 nitrogen and oxygen atoms in total. The first-order chi connectivity index (χ1) is 11.0. The van der Waals surface area contributed by atoms with Gasteiger partial charge in [0.1, 0.15) is 11.8 Å². The Morgan fingerprint density at radius 1 is 1.38 bits per heavy atom. The van der Waals surface area contributed by atoms with E-state index >= 15 is 0 Å². The number of alkyl halides is 2. The molecule has 0 saturated carbocycles. The molecule has 1 N–H and O–H groups in total.